The molecule has 100 valence electrons. The topological polar surface area (TPSA) is 3.24 Å². The van der Waals surface area contributed by atoms with Crippen molar-refractivity contribution in [3.8, 4) is 0 Å². The monoisotopic (exact) mass is 401 g/mol. The first-order valence-electron chi connectivity index (χ1n) is 5.92. The smallest absolute Gasteiger partial charge is 0.0462 e. The van der Waals surface area contributed by atoms with Gasteiger partial charge in [-0.2, -0.15) is 0 Å². The Morgan fingerprint density at radius 3 is 2.37 bits per heavy atom. The molecule has 0 aliphatic heterocycles. The third-order valence-electron chi connectivity index (χ3n) is 2.85. The molecule has 0 heterocycles. The summed E-state index contributed by atoms with van der Waals surface area (Å²) in [7, 11) is 2.10. The molecule has 2 rings (SSSR count). The summed E-state index contributed by atoms with van der Waals surface area (Å²) in [5.41, 5.74) is 2.41. The lowest BCUT2D eigenvalue weighted by molar-refractivity contribution is 0.318. The fraction of sp³-hybridized carbons (Fsp3) is 0.200. The second kappa shape index (κ2) is 6.89. The summed E-state index contributed by atoms with van der Waals surface area (Å²) in [4.78, 5) is 2.25. The first-order valence-corrected chi connectivity index (χ1v) is 7.88. The van der Waals surface area contributed by atoms with Gasteiger partial charge in [0.05, 0.1) is 0 Å². The van der Waals surface area contributed by atoms with Gasteiger partial charge in [0.2, 0.25) is 0 Å². The van der Waals surface area contributed by atoms with Crippen LogP contribution in [-0.4, -0.2) is 11.9 Å². The second-order valence-corrected chi connectivity index (χ2v) is 6.68. The molecule has 2 aromatic carbocycles. The molecule has 0 aromatic heterocycles. The molecule has 2 aromatic rings. The summed E-state index contributed by atoms with van der Waals surface area (Å²) in [5, 5.41) is 0.799. The lowest BCUT2D eigenvalue weighted by Gasteiger charge is -2.18. The average Bonchev–Trinajstić information content (AvgIpc) is 2.36. The molecule has 0 saturated carbocycles. The standard InChI is InChI=1S/C15H14Br2ClN/c1-19(9-11-4-2-3-5-14(11)17)10-12-6-7-13(16)8-15(12)18/h2-8H,9-10H2,1H3. The Kier molecular flexibility index (Phi) is 5.46. The third kappa shape index (κ3) is 4.32. The highest BCUT2D eigenvalue weighted by Gasteiger charge is 2.07. The molecule has 0 atom stereocenters. The molecule has 19 heavy (non-hydrogen) atoms. The minimum atomic E-state index is 0.799. The Morgan fingerprint density at radius 2 is 1.68 bits per heavy atom. The van der Waals surface area contributed by atoms with Gasteiger partial charge in [-0.3, -0.25) is 4.90 Å². The molecule has 0 fully saturated rings. The largest absolute Gasteiger partial charge is 0.298 e. The molecule has 0 bridgehead atoms. The zero-order chi connectivity index (χ0) is 13.8. The fourth-order valence-corrected chi connectivity index (χ4v) is 3.06. The minimum absolute atomic E-state index is 0.799. The lowest BCUT2D eigenvalue weighted by atomic mass is 10.2. The number of nitrogens with zero attached hydrogens (tertiary/aromatic N) is 1. The van der Waals surface area contributed by atoms with Crippen molar-refractivity contribution in [2.75, 3.05) is 7.05 Å². The van der Waals surface area contributed by atoms with Crippen LogP contribution in [-0.2, 0) is 13.1 Å². The van der Waals surface area contributed by atoms with Gasteiger partial charge >= 0.3 is 0 Å². The van der Waals surface area contributed by atoms with Gasteiger partial charge in [0, 0.05) is 27.1 Å². The molecule has 0 unspecified atom stereocenters. The summed E-state index contributed by atoms with van der Waals surface area (Å²) in [6, 6.07) is 14.3. The van der Waals surface area contributed by atoms with Gasteiger partial charge in [-0.05, 0) is 36.4 Å². The highest BCUT2D eigenvalue weighted by atomic mass is 79.9. The molecule has 4 heteroatoms. The van der Waals surface area contributed by atoms with E-state index in [1.54, 1.807) is 0 Å². The van der Waals surface area contributed by atoms with Crippen LogP contribution < -0.4 is 0 Å². The molecule has 0 aliphatic rings. The van der Waals surface area contributed by atoms with E-state index in [9.17, 15) is 0 Å². The Labute approximate surface area is 135 Å². The van der Waals surface area contributed by atoms with E-state index >= 15 is 0 Å². The molecular weight excluding hydrogens is 389 g/mol. The first kappa shape index (κ1) is 15.0. The maximum atomic E-state index is 6.24. The Bertz CT molecular complexity index is 572. The predicted octanol–water partition coefficient (Wildman–Crippen LogP) is 5.50. The first-order chi connectivity index (χ1) is 9.06. The number of hydrogen-bond acceptors (Lipinski definition) is 1. The fourth-order valence-electron chi connectivity index (χ4n) is 1.91. The molecule has 0 aliphatic carbocycles. The van der Waals surface area contributed by atoms with Crippen molar-refractivity contribution in [2.45, 2.75) is 13.1 Å². The van der Waals surface area contributed by atoms with E-state index in [2.05, 4.69) is 68.1 Å². The van der Waals surface area contributed by atoms with Crippen molar-refractivity contribution >= 4 is 43.5 Å². The quantitative estimate of drug-likeness (QED) is 0.652. The average molecular weight is 404 g/mol. The van der Waals surface area contributed by atoms with Crippen LogP contribution in [0.25, 0.3) is 0 Å². The summed E-state index contributed by atoms with van der Waals surface area (Å²) >= 11 is 13.2. The van der Waals surface area contributed by atoms with Crippen LogP contribution in [0.5, 0.6) is 0 Å². The third-order valence-corrected chi connectivity index (χ3v) is 4.47. The van der Waals surface area contributed by atoms with Crippen LogP contribution in [0.15, 0.2) is 51.4 Å². The van der Waals surface area contributed by atoms with E-state index in [0.29, 0.717) is 0 Å². The summed E-state index contributed by atoms with van der Waals surface area (Å²) in [5.74, 6) is 0. The van der Waals surface area contributed by atoms with Gasteiger partial charge in [0.15, 0.2) is 0 Å². The molecule has 1 nitrogen and oxygen atoms in total. The van der Waals surface area contributed by atoms with Crippen molar-refractivity contribution in [3.63, 3.8) is 0 Å². The van der Waals surface area contributed by atoms with Gasteiger partial charge < -0.3 is 0 Å². The Morgan fingerprint density at radius 1 is 1.00 bits per heavy atom. The van der Waals surface area contributed by atoms with Gasteiger partial charge in [0.1, 0.15) is 0 Å². The molecule has 0 radical (unpaired) electrons. The van der Waals surface area contributed by atoms with Gasteiger partial charge in [-0.25, -0.2) is 0 Å². The van der Waals surface area contributed by atoms with E-state index < -0.39 is 0 Å². The van der Waals surface area contributed by atoms with Gasteiger partial charge in [-0.15, -0.1) is 0 Å². The Hall–Kier alpha value is -0.350. The number of rotatable bonds is 4. The number of hydrogen-bond donors (Lipinski definition) is 0. The van der Waals surface area contributed by atoms with Gasteiger partial charge in [0.25, 0.3) is 0 Å². The maximum Gasteiger partial charge on any atom is 0.0462 e. The second-order valence-electron chi connectivity index (χ2n) is 4.50. The zero-order valence-electron chi connectivity index (χ0n) is 10.5. The van der Waals surface area contributed by atoms with Crippen LogP contribution in [0.2, 0.25) is 5.02 Å². The summed E-state index contributed by atoms with van der Waals surface area (Å²) in [6.45, 7) is 1.71. The van der Waals surface area contributed by atoms with E-state index in [1.807, 2.05) is 18.2 Å². The van der Waals surface area contributed by atoms with Crippen LogP contribution >= 0.6 is 43.5 Å². The van der Waals surface area contributed by atoms with Crippen molar-refractivity contribution in [1.29, 1.82) is 0 Å². The van der Waals surface area contributed by atoms with Crippen molar-refractivity contribution < 1.29 is 0 Å². The van der Waals surface area contributed by atoms with Gasteiger partial charge in [-0.1, -0.05) is 67.7 Å². The highest BCUT2D eigenvalue weighted by Crippen LogP contribution is 2.23. The van der Waals surface area contributed by atoms with E-state index in [-0.39, 0.29) is 0 Å². The summed E-state index contributed by atoms with van der Waals surface area (Å²) < 4.78 is 2.15. The normalized spacial score (nSPS) is 11.0. The maximum absolute atomic E-state index is 6.24. The number of halogens is 3. The SMILES string of the molecule is CN(Cc1ccc(Br)cc1Cl)Cc1ccccc1Br. The van der Waals surface area contributed by atoms with Crippen molar-refractivity contribution in [3.05, 3.63) is 67.6 Å². The molecule has 0 saturated heterocycles. The number of benzene rings is 2. The predicted molar refractivity (Wildman–Crippen MR) is 88.5 cm³/mol. The molecular formula is C15H14Br2ClN. The molecule has 0 N–H and O–H groups in total. The van der Waals surface area contributed by atoms with E-state index in [0.717, 1.165) is 32.6 Å². The Balaban J connectivity index is 2.05. The zero-order valence-corrected chi connectivity index (χ0v) is 14.5. The van der Waals surface area contributed by atoms with Crippen LogP contribution in [0.4, 0.5) is 0 Å². The highest BCUT2D eigenvalue weighted by molar-refractivity contribution is 9.10. The van der Waals surface area contributed by atoms with E-state index in [1.165, 1.54) is 5.56 Å². The van der Waals surface area contributed by atoms with Crippen molar-refractivity contribution in [1.82, 2.24) is 4.90 Å². The van der Waals surface area contributed by atoms with Crippen LogP contribution in [0, 0.1) is 0 Å². The minimum Gasteiger partial charge on any atom is -0.298 e. The van der Waals surface area contributed by atoms with Crippen molar-refractivity contribution in [2.24, 2.45) is 0 Å². The summed E-state index contributed by atoms with van der Waals surface area (Å²) in [6.07, 6.45) is 0. The lowest BCUT2D eigenvalue weighted by Crippen LogP contribution is -2.17. The van der Waals surface area contributed by atoms with E-state index in [4.69, 9.17) is 11.6 Å². The van der Waals surface area contributed by atoms with Crippen LogP contribution in [0.3, 0.4) is 0 Å². The van der Waals surface area contributed by atoms with Crippen LogP contribution in [0.1, 0.15) is 11.1 Å². The molecule has 0 amide bonds. The molecule has 0 spiro atoms.